The van der Waals surface area contributed by atoms with Crippen LogP contribution in [0.2, 0.25) is 0 Å². The Bertz CT molecular complexity index is 123. The first kappa shape index (κ1) is 15.9. The summed E-state index contributed by atoms with van der Waals surface area (Å²) in [6.45, 7) is 2.97. The lowest BCUT2D eigenvalue weighted by Crippen LogP contribution is -2.32. The van der Waals surface area contributed by atoms with Crippen molar-refractivity contribution in [3.8, 4) is 0 Å². The number of hydrogen-bond acceptors (Lipinski definition) is 3. The molecule has 0 aromatic carbocycles. The standard InChI is InChI=1S/C8H18N2O.2ClH/c1-10-4-3-7(6-10)8(5-9)11-2;;/h7-8H,3-6,9H2,1-2H3;2*1H. The van der Waals surface area contributed by atoms with E-state index in [1.54, 1.807) is 7.11 Å². The number of hydrogen-bond donors (Lipinski definition) is 1. The SMILES string of the molecule is COC(CN)C1CCN(C)C1.Cl.Cl. The molecule has 1 fully saturated rings. The quantitative estimate of drug-likeness (QED) is 0.779. The van der Waals surface area contributed by atoms with Gasteiger partial charge in [0.25, 0.3) is 0 Å². The van der Waals surface area contributed by atoms with Crippen molar-refractivity contribution in [1.29, 1.82) is 0 Å². The Labute approximate surface area is 92.8 Å². The van der Waals surface area contributed by atoms with E-state index in [0.29, 0.717) is 12.5 Å². The molecule has 5 heteroatoms. The zero-order chi connectivity index (χ0) is 8.27. The third-order valence-corrected chi connectivity index (χ3v) is 2.49. The molecule has 2 N–H and O–H groups in total. The highest BCUT2D eigenvalue weighted by atomic mass is 35.5. The molecule has 0 aliphatic carbocycles. The molecule has 0 aromatic rings. The largest absolute Gasteiger partial charge is 0.380 e. The lowest BCUT2D eigenvalue weighted by atomic mass is 10.0. The van der Waals surface area contributed by atoms with Crippen LogP contribution in [0.4, 0.5) is 0 Å². The summed E-state index contributed by atoms with van der Waals surface area (Å²) in [6.07, 6.45) is 1.49. The first-order chi connectivity index (χ1) is 5.27. The fourth-order valence-corrected chi connectivity index (χ4v) is 1.75. The summed E-state index contributed by atoms with van der Waals surface area (Å²) in [5.74, 6) is 0.648. The number of ether oxygens (including phenoxy) is 1. The van der Waals surface area contributed by atoms with E-state index in [2.05, 4.69) is 11.9 Å². The van der Waals surface area contributed by atoms with E-state index in [-0.39, 0.29) is 30.9 Å². The molecule has 1 rings (SSSR count). The van der Waals surface area contributed by atoms with Gasteiger partial charge in [-0.1, -0.05) is 0 Å². The normalized spacial score (nSPS) is 24.7. The molecule has 2 atom stereocenters. The minimum absolute atomic E-state index is 0. The second kappa shape index (κ2) is 7.83. The van der Waals surface area contributed by atoms with Gasteiger partial charge in [0.2, 0.25) is 0 Å². The Hall–Kier alpha value is 0.460. The van der Waals surface area contributed by atoms with Crippen molar-refractivity contribution in [3.63, 3.8) is 0 Å². The lowest BCUT2D eigenvalue weighted by molar-refractivity contribution is 0.0626. The van der Waals surface area contributed by atoms with Gasteiger partial charge in [0.15, 0.2) is 0 Å². The molecule has 2 unspecified atom stereocenters. The predicted octanol–water partition coefficient (Wildman–Crippen LogP) is 0.755. The molecule has 13 heavy (non-hydrogen) atoms. The molecule has 1 heterocycles. The average molecular weight is 231 g/mol. The Kier molecular flexibility index (Phi) is 9.58. The van der Waals surface area contributed by atoms with Crippen molar-refractivity contribution in [2.24, 2.45) is 11.7 Å². The van der Waals surface area contributed by atoms with Crippen LogP contribution in [0.15, 0.2) is 0 Å². The van der Waals surface area contributed by atoms with E-state index in [9.17, 15) is 0 Å². The van der Waals surface area contributed by atoms with E-state index in [1.807, 2.05) is 0 Å². The molecular formula is C8H20Cl2N2O. The summed E-state index contributed by atoms with van der Waals surface area (Å²) in [7, 11) is 3.89. The van der Waals surface area contributed by atoms with Gasteiger partial charge in [-0.3, -0.25) is 0 Å². The number of methoxy groups -OCH3 is 1. The van der Waals surface area contributed by atoms with Gasteiger partial charge in [-0.25, -0.2) is 0 Å². The van der Waals surface area contributed by atoms with Crippen LogP contribution >= 0.6 is 24.8 Å². The molecule has 0 aromatic heterocycles. The molecule has 0 amide bonds. The highest BCUT2D eigenvalue weighted by Crippen LogP contribution is 2.19. The van der Waals surface area contributed by atoms with Gasteiger partial charge in [-0.15, -0.1) is 24.8 Å². The van der Waals surface area contributed by atoms with Crippen molar-refractivity contribution in [2.45, 2.75) is 12.5 Å². The van der Waals surface area contributed by atoms with Crippen molar-refractivity contribution >= 4 is 24.8 Å². The number of likely N-dealkylation sites (tertiary alicyclic amines) is 1. The van der Waals surface area contributed by atoms with Crippen molar-refractivity contribution in [3.05, 3.63) is 0 Å². The van der Waals surface area contributed by atoms with Crippen LogP contribution in [0.3, 0.4) is 0 Å². The van der Waals surface area contributed by atoms with Gasteiger partial charge in [-0.2, -0.15) is 0 Å². The van der Waals surface area contributed by atoms with Crippen LogP contribution in [0.25, 0.3) is 0 Å². The fourth-order valence-electron chi connectivity index (χ4n) is 1.75. The monoisotopic (exact) mass is 230 g/mol. The van der Waals surface area contributed by atoms with E-state index in [4.69, 9.17) is 10.5 Å². The molecule has 0 spiro atoms. The third kappa shape index (κ3) is 4.47. The minimum Gasteiger partial charge on any atom is -0.380 e. The van der Waals surface area contributed by atoms with Crippen LogP contribution < -0.4 is 5.73 Å². The lowest BCUT2D eigenvalue weighted by Gasteiger charge is -2.19. The predicted molar refractivity (Wildman–Crippen MR) is 60.0 cm³/mol. The maximum atomic E-state index is 5.57. The molecule has 0 bridgehead atoms. The van der Waals surface area contributed by atoms with E-state index in [1.165, 1.54) is 13.0 Å². The van der Waals surface area contributed by atoms with E-state index >= 15 is 0 Å². The molecule has 1 aliphatic rings. The first-order valence-corrected chi connectivity index (χ1v) is 4.19. The average Bonchev–Trinajstić information content (AvgIpc) is 2.39. The first-order valence-electron chi connectivity index (χ1n) is 4.19. The molecule has 3 nitrogen and oxygen atoms in total. The van der Waals surface area contributed by atoms with Crippen LogP contribution in [0, 0.1) is 5.92 Å². The summed E-state index contributed by atoms with van der Waals surface area (Å²) in [5.41, 5.74) is 5.57. The Morgan fingerprint density at radius 3 is 2.46 bits per heavy atom. The summed E-state index contributed by atoms with van der Waals surface area (Å²) < 4.78 is 5.28. The maximum absolute atomic E-state index is 5.57. The van der Waals surface area contributed by atoms with Gasteiger partial charge in [0.05, 0.1) is 6.10 Å². The van der Waals surface area contributed by atoms with Crippen molar-refractivity contribution in [1.82, 2.24) is 4.90 Å². The van der Waals surface area contributed by atoms with E-state index in [0.717, 1.165) is 6.54 Å². The Morgan fingerprint density at radius 1 is 1.54 bits per heavy atom. The second-order valence-corrected chi connectivity index (χ2v) is 3.32. The van der Waals surface area contributed by atoms with Crippen molar-refractivity contribution < 1.29 is 4.74 Å². The van der Waals surface area contributed by atoms with Gasteiger partial charge in [0, 0.05) is 26.1 Å². The molecule has 1 aliphatic heterocycles. The molecule has 0 saturated carbocycles. The number of nitrogens with zero attached hydrogens (tertiary/aromatic N) is 1. The molecular weight excluding hydrogens is 211 g/mol. The van der Waals surface area contributed by atoms with Crippen LogP contribution in [0.1, 0.15) is 6.42 Å². The van der Waals surface area contributed by atoms with Gasteiger partial charge < -0.3 is 15.4 Å². The Balaban J connectivity index is 0. The summed E-state index contributed by atoms with van der Waals surface area (Å²) in [6, 6.07) is 0. The molecule has 82 valence electrons. The highest BCUT2D eigenvalue weighted by Gasteiger charge is 2.26. The number of halogens is 2. The third-order valence-electron chi connectivity index (χ3n) is 2.49. The summed E-state index contributed by atoms with van der Waals surface area (Å²) in [5, 5.41) is 0. The second-order valence-electron chi connectivity index (χ2n) is 3.32. The van der Waals surface area contributed by atoms with Crippen LogP contribution in [-0.2, 0) is 4.74 Å². The summed E-state index contributed by atoms with van der Waals surface area (Å²) in [4.78, 5) is 2.33. The minimum atomic E-state index is 0. The maximum Gasteiger partial charge on any atom is 0.0734 e. The van der Waals surface area contributed by atoms with Crippen LogP contribution in [-0.4, -0.2) is 44.8 Å². The van der Waals surface area contributed by atoms with Crippen LogP contribution in [0.5, 0.6) is 0 Å². The molecule has 1 saturated heterocycles. The number of rotatable bonds is 3. The zero-order valence-electron chi connectivity index (χ0n) is 8.23. The topological polar surface area (TPSA) is 38.5 Å². The Morgan fingerprint density at radius 2 is 2.15 bits per heavy atom. The van der Waals surface area contributed by atoms with Crippen molar-refractivity contribution in [2.75, 3.05) is 33.8 Å². The smallest absolute Gasteiger partial charge is 0.0734 e. The zero-order valence-corrected chi connectivity index (χ0v) is 9.87. The van der Waals surface area contributed by atoms with E-state index < -0.39 is 0 Å². The number of nitrogens with two attached hydrogens (primary N) is 1. The van der Waals surface area contributed by atoms with Gasteiger partial charge in [0.1, 0.15) is 0 Å². The summed E-state index contributed by atoms with van der Waals surface area (Å²) >= 11 is 0. The van der Waals surface area contributed by atoms with Gasteiger partial charge >= 0.3 is 0 Å². The fraction of sp³-hybridized carbons (Fsp3) is 1.00. The molecule has 0 radical (unpaired) electrons. The van der Waals surface area contributed by atoms with Gasteiger partial charge in [-0.05, 0) is 20.0 Å². The highest BCUT2D eigenvalue weighted by molar-refractivity contribution is 5.85.